The summed E-state index contributed by atoms with van der Waals surface area (Å²) in [5.74, 6) is 0.415. The van der Waals surface area contributed by atoms with Crippen molar-refractivity contribution in [3.05, 3.63) is 71.3 Å². The van der Waals surface area contributed by atoms with Crippen LogP contribution in [0.4, 0.5) is 11.4 Å². The Balaban J connectivity index is 1.86. The van der Waals surface area contributed by atoms with Gasteiger partial charge in [0.05, 0.1) is 43.4 Å². The molecule has 1 aliphatic rings. The molecule has 0 saturated carbocycles. The van der Waals surface area contributed by atoms with Crippen LogP contribution in [-0.2, 0) is 21.3 Å². The highest BCUT2D eigenvalue weighted by atomic mass is 32.2. The molecule has 192 valence electrons. The Morgan fingerprint density at radius 1 is 1.17 bits per heavy atom. The van der Waals surface area contributed by atoms with E-state index in [-0.39, 0.29) is 12.1 Å². The standard InChI is InChI=1S/C25H31N5O4S2/c1-16-14-19(17(2)29(16)12-13-33-3)24-23(20-8-6-7-11-26-20)27-25(35)30(24)18-9-10-22(34-4)21(15-18)28-36(5,31)32/h6-11,14-15,23-24,28H,12-13H2,1-5H3,(H,27,35)/t23-,24+/m0/s1. The molecule has 0 unspecified atom stereocenters. The molecule has 1 aromatic carbocycles. The molecule has 1 fully saturated rings. The van der Waals surface area contributed by atoms with Gasteiger partial charge in [-0.2, -0.15) is 0 Å². The number of pyridine rings is 1. The van der Waals surface area contributed by atoms with Gasteiger partial charge in [0.2, 0.25) is 10.0 Å². The Hall–Kier alpha value is -3.15. The number of methoxy groups -OCH3 is 2. The lowest BCUT2D eigenvalue weighted by Gasteiger charge is -2.29. The maximum absolute atomic E-state index is 12.0. The molecule has 0 bridgehead atoms. The molecule has 36 heavy (non-hydrogen) atoms. The number of nitrogens with zero attached hydrogens (tertiary/aromatic N) is 3. The maximum Gasteiger partial charge on any atom is 0.229 e. The van der Waals surface area contributed by atoms with Crippen molar-refractivity contribution in [1.82, 2.24) is 14.9 Å². The normalized spacial score (nSPS) is 17.8. The van der Waals surface area contributed by atoms with Crippen LogP contribution in [0.1, 0.15) is 34.7 Å². The summed E-state index contributed by atoms with van der Waals surface area (Å²) in [5, 5.41) is 3.97. The fraction of sp³-hybridized carbons (Fsp3) is 0.360. The third-order valence-corrected chi connectivity index (χ3v) is 7.21. The van der Waals surface area contributed by atoms with Crippen LogP contribution >= 0.6 is 12.2 Å². The summed E-state index contributed by atoms with van der Waals surface area (Å²) in [4.78, 5) is 6.63. The van der Waals surface area contributed by atoms with Gasteiger partial charge in [-0.3, -0.25) is 9.71 Å². The van der Waals surface area contributed by atoms with Crippen molar-refractivity contribution < 1.29 is 17.9 Å². The summed E-state index contributed by atoms with van der Waals surface area (Å²) in [6.45, 7) is 5.51. The third-order valence-electron chi connectivity index (χ3n) is 6.31. The number of ether oxygens (including phenoxy) is 2. The van der Waals surface area contributed by atoms with Gasteiger partial charge >= 0.3 is 0 Å². The van der Waals surface area contributed by atoms with Gasteiger partial charge in [0.15, 0.2) is 5.11 Å². The zero-order chi connectivity index (χ0) is 26.0. The summed E-state index contributed by atoms with van der Waals surface area (Å²) in [5.41, 5.74) is 5.24. The maximum atomic E-state index is 12.0. The van der Waals surface area contributed by atoms with E-state index in [1.54, 1.807) is 25.4 Å². The Bertz CT molecular complexity index is 1360. The first-order chi connectivity index (χ1) is 17.1. The highest BCUT2D eigenvalue weighted by Crippen LogP contribution is 2.44. The van der Waals surface area contributed by atoms with Crippen LogP contribution in [0, 0.1) is 13.8 Å². The van der Waals surface area contributed by atoms with Gasteiger partial charge in [-0.05, 0) is 68.0 Å². The monoisotopic (exact) mass is 529 g/mol. The van der Waals surface area contributed by atoms with Crippen molar-refractivity contribution in [2.24, 2.45) is 0 Å². The molecule has 4 rings (SSSR count). The molecular formula is C25H31N5O4S2. The van der Waals surface area contributed by atoms with Crippen molar-refractivity contribution in [3.8, 4) is 5.75 Å². The minimum Gasteiger partial charge on any atom is -0.495 e. The van der Waals surface area contributed by atoms with Crippen LogP contribution in [0.15, 0.2) is 48.7 Å². The summed E-state index contributed by atoms with van der Waals surface area (Å²) in [6, 6.07) is 12.9. The van der Waals surface area contributed by atoms with Crippen molar-refractivity contribution in [2.75, 3.05) is 36.7 Å². The number of hydrogen-bond acceptors (Lipinski definition) is 6. The third kappa shape index (κ3) is 5.18. The fourth-order valence-corrected chi connectivity index (χ4v) is 5.63. The summed E-state index contributed by atoms with van der Waals surface area (Å²) in [6.07, 6.45) is 2.87. The molecule has 2 N–H and O–H groups in total. The molecule has 0 radical (unpaired) electrons. The number of hydrogen-bond donors (Lipinski definition) is 2. The van der Waals surface area contributed by atoms with E-state index in [2.05, 4.69) is 39.5 Å². The molecule has 9 nitrogen and oxygen atoms in total. The fourth-order valence-electron chi connectivity index (χ4n) is 4.73. The van der Waals surface area contributed by atoms with E-state index in [1.807, 2.05) is 29.2 Å². The van der Waals surface area contributed by atoms with E-state index < -0.39 is 10.0 Å². The lowest BCUT2D eigenvalue weighted by atomic mass is 9.96. The predicted molar refractivity (Wildman–Crippen MR) is 145 cm³/mol. The first kappa shape index (κ1) is 25.9. The van der Waals surface area contributed by atoms with Gasteiger partial charge in [-0.15, -0.1) is 0 Å². The van der Waals surface area contributed by atoms with E-state index in [0.717, 1.165) is 41.1 Å². The van der Waals surface area contributed by atoms with E-state index in [9.17, 15) is 8.42 Å². The number of benzene rings is 1. The van der Waals surface area contributed by atoms with Crippen LogP contribution in [0.5, 0.6) is 5.75 Å². The lowest BCUT2D eigenvalue weighted by Crippen LogP contribution is -2.29. The average molecular weight is 530 g/mol. The zero-order valence-corrected chi connectivity index (χ0v) is 22.6. The molecule has 0 amide bonds. The molecular weight excluding hydrogens is 498 g/mol. The van der Waals surface area contributed by atoms with Crippen LogP contribution < -0.4 is 19.7 Å². The zero-order valence-electron chi connectivity index (χ0n) is 21.0. The molecule has 11 heteroatoms. The Morgan fingerprint density at radius 2 is 1.94 bits per heavy atom. The summed E-state index contributed by atoms with van der Waals surface area (Å²) in [7, 11) is -0.330. The SMILES string of the molecule is COCCn1c(C)cc([C@@H]2[C@H](c3ccccn3)NC(=S)N2c2ccc(OC)c(NS(C)(=O)=O)c2)c1C. The molecule has 0 aliphatic carbocycles. The second-order valence-corrected chi connectivity index (χ2v) is 10.9. The molecule has 3 heterocycles. The molecule has 3 aromatic rings. The number of nitrogens with one attached hydrogen (secondary N) is 2. The van der Waals surface area contributed by atoms with E-state index in [1.165, 1.54) is 7.11 Å². The lowest BCUT2D eigenvalue weighted by molar-refractivity contribution is 0.186. The number of anilines is 2. The van der Waals surface area contributed by atoms with Gasteiger partial charge in [0.1, 0.15) is 5.75 Å². The second kappa shape index (κ2) is 10.5. The highest BCUT2D eigenvalue weighted by Gasteiger charge is 2.42. The van der Waals surface area contributed by atoms with Gasteiger partial charge in [0.25, 0.3) is 0 Å². The van der Waals surface area contributed by atoms with E-state index >= 15 is 0 Å². The van der Waals surface area contributed by atoms with Crippen molar-refractivity contribution in [2.45, 2.75) is 32.5 Å². The molecule has 1 aliphatic heterocycles. The summed E-state index contributed by atoms with van der Waals surface area (Å²) >= 11 is 5.83. The Kier molecular flexibility index (Phi) is 7.53. The van der Waals surface area contributed by atoms with Crippen molar-refractivity contribution in [1.29, 1.82) is 0 Å². The van der Waals surface area contributed by atoms with Gasteiger partial charge in [0, 0.05) is 36.9 Å². The molecule has 2 aromatic heterocycles. The van der Waals surface area contributed by atoms with Crippen molar-refractivity contribution >= 4 is 38.7 Å². The smallest absolute Gasteiger partial charge is 0.229 e. The van der Waals surface area contributed by atoms with Gasteiger partial charge in [-0.25, -0.2) is 8.42 Å². The molecule has 0 spiro atoms. The number of aryl methyl sites for hydroxylation is 1. The average Bonchev–Trinajstić information content (AvgIpc) is 3.32. The number of thiocarbonyl (C=S) groups is 1. The van der Waals surface area contributed by atoms with Gasteiger partial charge < -0.3 is 24.3 Å². The van der Waals surface area contributed by atoms with Gasteiger partial charge in [-0.1, -0.05) is 6.07 Å². The minimum atomic E-state index is -3.52. The topological polar surface area (TPSA) is 97.7 Å². The first-order valence-electron chi connectivity index (χ1n) is 11.5. The van der Waals surface area contributed by atoms with Crippen molar-refractivity contribution in [3.63, 3.8) is 0 Å². The number of aromatic nitrogens is 2. The Morgan fingerprint density at radius 3 is 2.58 bits per heavy atom. The first-order valence-corrected chi connectivity index (χ1v) is 13.8. The highest BCUT2D eigenvalue weighted by molar-refractivity contribution is 7.92. The second-order valence-electron chi connectivity index (χ2n) is 8.73. The largest absolute Gasteiger partial charge is 0.495 e. The molecule has 1 saturated heterocycles. The van der Waals surface area contributed by atoms with Crippen LogP contribution in [0.3, 0.4) is 0 Å². The van der Waals surface area contributed by atoms with E-state index in [4.69, 9.17) is 21.7 Å². The summed E-state index contributed by atoms with van der Waals surface area (Å²) < 4.78 is 39.5. The van der Waals surface area contributed by atoms with Crippen LogP contribution in [-0.4, -0.2) is 50.2 Å². The predicted octanol–water partition coefficient (Wildman–Crippen LogP) is 3.70. The quantitative estimate of drug-likeness (QED) is 0.405. The molecule has 2 atom stereocenters. The van der Waals surface area contributed by atoms with Crippen LogP contribution in [0.25, 0.3) is 0 Å². The number of rotatable bonds is 9. The number of sulfonamides is 1. The van der Waals surface area contributed by atoms with Crippen LogP contribution in [0.2, 0.25) is 0 Å². The minimum absolute atomic E-state index is 0.219. The Labute approximate surface area is 217 Å². The van der Waals surface area contributed by atoms with E-state index in [0.29, 0.717) is 23.2 Å².